The minimum Gasteiger partial charge on any atom is -0.347 e. The van der Waals surface area contributed by atoms with Crippen molar-refractivity contribution in [3.05, 3.63) is 95.0 Å². The standard InChI is InChI=1S/C22H20N2OS/c1-16(18-10-6-3-7-11-18)24-19-12-13-26-21(19)14-20(24)22(25)23-15-17-8-4-2-5-9-17/h2-14,16H,15H2,1H3,(H,23,25)/t16-/m0/s1. The van der Waals surface area contributed by atoms with E-state index in [0.29, 0.717) is 12.2 Å². The number of aromatic nitrogens is 1. The number of fused-ring (bicyclic) bond motifs is 1. The number of benzene rings is 2. The second-order valence-corrected chi connectivity index (χ2v) is 7.27. The van der Waals surface area contributed by atoms with Gasteiger partial charge in [-0.25, -0.2) is 0 Å². The van der Waals surface area contributed by atoms with Gasteiger partial charge in [-0.15, -0.1) is 11.3 Å². The molecule has 0 aliphatic carbocycles. The van der Waals surface area contributed by atoms with Crippen molar-refractivity contribution in [3.63, 3.8) is 0 Å². The number of hydrogen-bond acceptors (Lipinski definition) is 2. The number of carbonyl (C=O) groups excluding carboxylic acids is 1. The Morgan fingerprint density at radius 3 is 2.46 bits per heavy atom. The summed E-state index contributed by atoms with van der Waals surface area (Å²) >= 11 is 1.67. The molecule has 26 heavy (non-hydrogen) atoms. The van der Waals surface area contributed by atoms with E-state index in [0.717, 1.165) is 15.8 Å². The van der Waals surface area contributed by atoms with Crippen LogP contribution in [0.4, 0.5) is 0 Å². The molecular formula is C22H20N2OS. The molecule has 0 spiro atoms. The van der Waals surface area contributed by atoms with Crippen molar-refractivity contribution in [3.8, 4) is 0 Å². The van der Waals surface area contributed by atoms with Crippen LogP contribution in [0.25, 0.3) is 10.2 Å². The molecule has 0 aliphatic rings. The second kappa shape index (κ2) is 7.18. The predicted octanol–water partition coefficient (Wildman–Crippen LogP) is 5.24. The van der Waals surface area contributed by atoms with Crippen LogP contribution < -0.4 is 5.32 Å². The first kappa shape index (κ1) is 16.6. The molecule has 0 saturated carbocycles. The van der Waals surface area contributed by atoms with E-state index < -0.39 is 0 Å². The average molecular weight is 360 g/mol. The average Bonchev–Trinajstić information content (AvgIpc) is 3.28. The van der Waals surface area contributed by atoms with Gasteiger partial charge < -0.3 is 9.88 Å². The SMILES string of the molecule is C[C@@H](c1ccccc1)n1c(C(=O)NCc2ccccc2)cc2sccc21. The fraction of sp³-hybridized carbons (Fsp3) is 0.136. The Kier molecular flexibility index (Phi) is 4.59. The Labute approximate surface area is 156 Å². The lowest BCUT2D eigenvalue weighted by molar-refractivity contribution is 0.0941. The number of carbonyl (C=O) groups is 1. The third kappa shape index (κ3) is 3.16. The van der Waals surface area contributed by atoms with E-state index in [1.165, 1.54) is 5.56 Å². The molecule has 2 aromatic heterocycles. The molecule has 0 radical (unpaired) electrons. The lowest BCUT2D eigenvalue weighted by atomic mass is 10.1. The highest BCUT2D eigenvalue weighted by atomic mass is 32.1. The third-order valence-corrected chi connectivity index (χ3v) is 5.51. The van der Waals surface area contributed by atoms with Crippen molar-refractivity contribution in [1.29, 1.82) is 0 Å². The Balaban J connectivity index is 1.66. The van der Waals surface area contributed by atoms with Crippen molar-refractivity contribution in [2.75, 3.05) is 0 Å². The Hall–Kier alpha value is -2.85. The van der Waals surface area contributed by atoms with E-state index in [2.05, 4.69) is 40.4 Å². The van der Waals surface area contributed by atoms with Gasteiger partial charge in [0.15, 0.2) is 0 Å². The quantitative estimate of drug-likeness (QED) is 0.519. The molecule has 2 aromatic carbocycles. The van der Waals surface area contributed by atoms with Gasteiger partial charge in [-0.3, -0.25) is 4.79 Å². The van der Waals surface area contributed by atoms with E-state index in [-0.39, 0.29) is 11.9 Å². The van der Waals surface area contributed by atoms with E-state index in [1.807, 2.05) is 54.6 Å². The van der Waals surface area contributed by atoms with Crippen molar-refractivity contribution in [2.45, 2.75) is 19.5 Å². The summed E-state index contributed by atoms with van der Waals surface area (Å²) < 4.78 is 3.28. The van der Waals surface area contributed by atoms with Crippen LogP contribution >= 0.6 is 11.3 Å². The zero-order chi connectivity index (χ0) is 17.9. The molecule has 4 heteroatoms. The van der Waals surface area contributed by atoms with Crippen LogP contribution in [0.5, 0.6) is 0 Å². The van der Waals surface area contributed by atoms with Gasteiger partial charge in [0.05, 0.1) is 16.3 Å². The molecule has 0 bridgehead atoms. The molecular weight excluding hydrogens is 340 g/mol. The smallest absolute Gasteiger partial charge is 0.268 e. The summed E-state index contributed by atoms with van der Waals surface area (Å²) in [5.41, 5.74) is 4.10. The molecule has 0 aliphatic heterocycles. The number of thiophene rings is 1. The van der Waals surface area contributed by atoms with Crippen LogP contribution in [-0.2, 0) is 6.54 Å². The summed E-state index contributed by atoms with van der Waals surface area (Å²) in [5.74, 6) is -0.0416. The van der Waals surface area contributed by atoms with E-state index >= 15 is 0 Å². The van der Waals surface area contributed by atoms with Crippen LogP contribution in [0.1, 0.15) is 34.6 Å². The monoisotopic (exact) mass is 360 g/mol. The van der Waals surface area contributed by atoms with Gasteiger partial charge in [0.1, 0.15) is 5.69 Å². The van der Waals surface area contributed by atoms with Gasteiger partial charge in [-0.05, 0) is 35.6 Å². The number of amides is 1. The first-order chi connectivity index (χ1) is 12.7. The number of hydrogen-bond donors (Lipinski definition) is 1. The molecule has 1 amide bonds. The Morgan fingerprint density at radius 1 is 1.04 bits per heavy atom. The zero-order valence-electron chi connectivity index (χ0n) is 14.6. The largest absolute Gasteiger partial charge is 0.347 e. The van der Waals surface area contributed by atoms with Crippen molar-refractivity contribution < 1.29 is 4.79 Å². The molecule has 1 atom stereocenters. The van der Waals surface area contributed by atoms with E-state index in [4.69, 9.17) is 0 Å². The van der Waals surface area contributed by atoms with E-state index in [1.54, 1.807) is 11.3 Å². The molecule has 1 N–H and O–H groups in total. The van der Waals surface area contributed by atoms with Crippen molar-refractivity contribution in [2.24, 2.45) is 0 Å². The summed E-state index contributed by atoms with van der Waals surface area (Å²) in [6.07, 6.45) is 0. The second-order valence-electron chi connectivity index (χ2n) is 6.32. The maximum absolute atomic E-state index is 12.9. The predicted molar refractivity (Wildman–Crippen MR) is 108 cm³/mol. The molecule has 0 fully saturated rings. The minimum absolute atomic E-state index is 0.0416. The highest BCUT2D eigenvalue weighted by molar-refractivity contribution is 7.17. The first-order valence-electron chi connectivity index (χ1n) is 8.69. The summed E-state index contributed by atoms with van der Waals surface area (Å²) in [5, 5.41) is 5.13. The molecule has 130 valence electrons. The lowest BCUT2D eigenvalue weighted by Crippen LogP contribution is -2.26. The summed E-state index contributed by atoms with van der Waals surface area (Å²) in [4.78, 5) is 12.9. The maximum atomic E-state index is 12.9. The van der Waals surface area contributed by atoms with Crippen LogP contribution in [-0.4, -0.2) is 10.5 Å². The topological polar surface area (TPSA) is 34.0 Å². The summed E-state index contributed by atoms with van der Waals surface area (Å²) in [6, 6.07) is 24.5. The van der Waals surface area contributed by atoms with Gasteiger partial charge in [-0.1, -0.05) is 60.7 Å². The van der Waals surface area contributed by atoms with Crippen LogP contribution in [0.15, 0.2) is 78.2 Å². The van der Waals surface area contributed by atoms with Gasteiger partial charge in [0.2, 0.25) is 0 Å². The third-order valence-electron chi connectivity index (χ3n) is 4.66. The van der Waals surface area contributed by atoms with Gasteiger partial charge in [0.25, 0.3) is 5.91 Å². The minimum atomic E-state index is -0.0416. The maximum Gasteiger partial charge on any atom is 0.268 e. The molecule has 0 unspecified atom stereocenters. The van der Waals surface area contributed by atoms with Gasteiger partial charge in [0, 0.05) is 6.54 Å². The van der Waals surface area contributed by atoms with Crippen LogP contribution in [0, 0.1) is 0 Å². The van der Waals surface area contributed by atoms with Gasteiger partial charge >= 0.3 is 0 Å². The number of nitrogens with zero attached hydrogens (tertiary/aromatic N) is 1. The fourth-order valence-electron chi connectivity index (χ4n) is 3.29. The molecule has 0 saturated heterocycles. The van der Waals surface area contributed by atoms with Crippen LogP contribution in [0.2, 0.25) is 0 Å². The molecule has 4 aromatic rings. The molecule has 4 rings (SSSR count). The normalized spacial score (nSPS) is 12.2. The Morgan fingerprint density at radius 2 is 1.73 bits per heavy atom. The van der Waals surface area contributed by atoms with Crippen molar-refractivity contribution in [1.82, 2.24) is 9.88 Å². The first-order valence-corrected chi connectivity index (χ1v) is 9.57. The Bertz CT molecular complexity index is 1020. The van der Waals surface area contributed by atoms with Crippen molar-refractivity contribution >= 4 is 27.5 Å². The van der Waals surface area contributed by atoms with E-state index in [9.17, 15) is 4.79 Å². The zero-order valence-corrected chi connectivity index (χ0v) is 15.4. The van der Waals surface area contributed by atoms with Crippen LogP contribution in [0.3, 0.4) is 0 Å². The molecule has 2 heterocycles. The fourth-order valence-corrected chi connectivity index (χ4v) is 4.10. The van der Waals surface area contributed by atoms with Gasteiger partial charge in [-0.2, -0.15) is 0 Å². The summed E-state index contributed by atoms with van der Waals surface area (Å²) in [6.45, 7) is 2.67. The number of nitrogens with one attached hydrogen (secondary N) is 1. The highest BCUT2D eigenvalue weighted by Crippen LogP contribution is 2.31. The summed E-state index contributed by atoms with van der Waals surface area (Å²) in [7, 11) is 0. The molecule has 3 nitrogen and oxygen atoms in total. The lowest BCUT2D eigenvalue weighted by Gasteiger charge is -2.19. The highest BCUT2D eigenvalue weighted by Gasteiger charge is 2.20. The number of rotatable bonds is 5.